The molecule has 0 aliphatic heterocycles. The molecule has 0 saturated carbocycles. The van der Waals surface area contributed by atoms with Gasteiger partial charge in [0.25, 0.3) is 0 Å². The molecule has 0 heterocycles. The number of hydrogen-bond acceptors (Lipinski definition) is 2. The molecule has 2 nitrogen and oxygen atoms in total. The Hall–Kier alpha value is -1.48. The average Bonchev–Trinajstić information content (AvgIpc) is 2.17. The highest BCUT2D eigenvalue weighted by molar-refractivity contribution is 5.76. The second-order valence-corrected chi connectivity index (χ2v) is 2.54. The van der Waals surface area contributed by atoms with Gasteiger partial charge in [-0.2, -0.15) is 0 Å². The Bertz CT molecular complexity index is 334. The summed E-state index contributed by atoms with van der Waals surface area (Å²) in [6.45, 7) is 0.352. The van der Waals surface area contributed by atoms with E-state index in [1.54, 1.807) is 12.2 Å². The fraction of sp³-hybridized carbons (Fsp3) is 0.100. The van der Waals surface area contributed by atoms with E-state index < -0.39 is 0 Å². The summed E-state index contributed by atoms with van der Waals surface area (Å²) in [5, 5.41) is 0. The van der Waals surface area contributed by atoms with Crippen LogP contribution in [0.1, 0.15) is 15.9 Å². The third-order valence-electron chi connectivity index (χ3n) is 1.59. The van der Waals surface area contributed by atoms with Crippen molar-refractivity contribution in [2.24, 2.45) is 5.73 Å². The zero-order valence-electron chi connectivity index (χ0n) is 7.03. The fourth-order valence-corrected chi connectivity index (χ4v) is 0.958. The number of benzene rings is 1. The standard InChI is InChI=1S/C10H10FNO/c11-10-4-3-8(7-13)6-9(10)2-1-5-12/h1-4,6-7H,5,12H2. The molecule has 68 valence electrons. The number of rotatable bonds is 3. The molecule has 0 amide bonds. The van der Waals surface area contributed by atoms with Crippen LogP contribution in [0, 0.1) is 5.82 Å². The van der Waals surface area contributed by atoms with E-state index in [-0.39, 0.29) is 5.82 Å². The number of nitrogens with two attached hydrogens (primary N) is 1. The highest BCUT2D eigenvalue weighted by Crippen LogP contribution is 2.10. The van der Waals surface area contributed by atoms with Gasteiger partial charge in [-0.15, -0.1) is 0 Å². The van der Waals surface area contributed by atoms with Crippen molar-refractivity contribution in [3.8, 4) is 0 Å². The van der Waals surface area contributed by atoms with E-state index in [2.05, 4.69) is 0 Å². The molecule has 0 spiro atoms. The minimum atomic E-state index is -0.352. The lowest BCUT2D eigenvalue weighted by molar-refractivity contribution is 0.112. The first-order valence-corrected chi connectivity index (χ1v) is 3.89. The van der Waals surface area contributed by atoms with Crippen molar-refractivity contribution >= 4 is 12.4 Å². The van der Waals surface area contributed by atoms with Crippen LogP contribution < -0.4 is 5.73 Å². The molecule has 0 aliphatic rings. The van der Waals surface area contributed by atoms with Gasteiger partial charge < -0.3 is 5.73 Å². The first-order valence-electron chi connectivity index (χ1n) is 3.89. The van der Waals surface area contributed by atoms with E-state index >= 15 is 0 Å². The Morgan fingerprint density at radius 3 is 2.85 bits per heavy atom. The van der Waals surface area contributed by atoms with E-state index in [0.717, 1.165) is 0 Å². The summed E-state index contributed by atoms with van der Waals surface area (Å²) >= 11 is 0. The molecule has 1 rings (SSSR count). The van der Waals surface area contributed by atoms with Crippen molar-refractivity contribution in [3.63, 3.8) is 0 Å². The molecule has 0 aromatic heterocycles. The summed E-state index contributed by atoms with van der Waals surface area (Å²) in [6, 6.07) is 4.18. The van der Waals surface area contributed by atoms with Crippen LogP contribution in [-0.4, -0.2) is 12.8 Å². The number of hydrogen-bond donors (Lipinski definition) is 1. The summed E-state index contributed by atoms with van der Waals surface area (Å²) in [5.41, 5.74) is 6.06. The molecule has 0 atom stereocenters. The number of carbonyl (C=O) groups excluding carboxylic acids is 1. The lowest BCUT2D eigenvalue weighted by Crippen LogP contribution is -1.93. The van der Waals surface area contributed by atoms with Crippen molar-refractivity contribution in [2.75, 3.05) is 6.54 Å². The van der Waals surface area contributed by atoms with Crippen LogP contribution in [0.15, 0.2) is 24.3 Å². The van der Waals surface area contributed by atoms with E-state index in [4.69, 9.17) is 5.73 Å². The quantitative estimate of drug-likeness (QED) is 0.716. The maximum absolute atomic E-state index is 13.0. The summed E-state index contributed by atoms with van der Waals surface area (Å²) in [4.78, 5) is 10.4. The highest BCUT2D eigenvalue weighted by atomic mass is 19.1. The molecule has 13 heavy (non-hydrogen) atoms. The van der Waals surface area contributed by atoms with Crippen LogP contribution >= 0.6 is 0 Å². The van der Waals surface area contributed by atoms with Crippen molar-refractivity contribution < 1.29 is 9.18 Å². The smallest absolute Gasteiger partial charge is 0.150 e. The Labute approximate surface area is 75.9 Å². The monoisotopic (exact) mass is 179 g/mol. The Kier molecular flexibility index (Phi) is 3.34. The van der Waals surface area contributed by atoms with Gasteiger partial charge in [0.15, 0.2) is 0 Å². The second kappa shape index (κ2) is 4.52. The Balaban J connectivity index is 3.03. The van der Waals surface area contributed by atoms with Crippen molar-refractivity contribution in [3.05, 3.63) is 41.2 Å². The molecule has 2 N–H and O–H groups in total. The van der Waals surface area contributed by atoms with Crippen molar-refractivity contribution in [1.82, 2.24) is 0 Å². The minimum absolute atomic E-state index is 0.352. The maximum atomic E-state index is 13.0. The van der Waals surface area contributed by atoms with Crippen LogP contribution in [0.2, 0.25) is 0 Å². The van der Waals surface area contributed by atoms with Crippen LogP contribution in [0.25, 0.3) is 6.08 Å². The molecule has 0 unspecified atom stereocenters. The largest absolute Gasteiger partial charge is 0.327 e. The zero-order valence-corrected chi connectivity index (χ0v) is 7.03. The highest BCUT2D eigenvalue weighted by Gasteiger charge is 1.98. The van der Waals surface area contributed by atoms with Gasteiger partial charge in [-0.05, 0) is 18.2 Å². The summed E-state index contributed by atoms with van der Waals surface area (Å²) in [6.07, 6.45) is 3.87. The van der Waals surface area contributed by atoms with Gasteiger partial charge in [-0.1, -0.05) is 12.2 Å². The van der Waals surface area contributed by atoms with E-state index in [1.165, 1.54) is 18.2 Å². The summed E-state index contributed by atoms with van der Waals surface area (Å²) in [7, 11) is 0. The van der Waals surface area contributed by atoms with Gasteiger partial charge in [0.2, 0.25) is 0 Å². The fourth-order valence-electron chi connectivity index (χ4n) is 0.958. The van der Waals surface area contributed by atoms with Crippen LogP contribution in [0.5, 0.6) is 0 Å². The van der Waals surface area contributed by atoms with E-state index in [1.807, 2.05) is 0 Å². The normalized spacial score (nSPS) is 10.6. The Morgan fingerprint density at radius 2 is 2.23 bits per heavy atom. The van der Waals surface area contributed by atoms with Crippen LogP contribution in [0.4, 0.5) is 4.39 Å². The molecule has 1 aromatic carbocycles. The molecule has 0 bridgehead atoms. The first kappa shape index (κ1) is 9.61. The molecule has 1 aromatic rings. The molecular formula is C10H10FNO. The van der Waals surface area contributed by atoms with Gasteiger partial charge in [-0.3, -0.25) is 4.79 Å². The second-order valence-electron chi connectivity index (χ2n) is 2.54. The molecule has 3 heteroatoms. The summed E-state index contributed by atoms with van der Waals surface area (Å²) < 4.78 is 13.0. The molecular weight excluding hydrogens is 169 g/mol. The van der Waals surface area contributed by atoms with E-state index in [0.29, 0.717) is 24.0 Å². The zero-order chi connectivity index (χ0) is 9.68. The Morgan fingerprint density at radius 1 is 1.46 bits per heavy atom. The predicted octanol–water partition coefficient (Wildman–Crippen LogP) is 1.61. The van der Waals surface area contributed by atoms with E-state index in [9.17, 15) is 9.18 Å². The van der Waals surface area contributed by atoms with Gasteiger partial charge >= 0.3 is 0 Å². The number of carbonyl (C=O) groups is 1. The van der Waals surface area contributed by atoms with Gasteiger partial charge in [0, 0.05) is 17.7 Å². The predicted molar refractivity (Wildman–Crippen MR) is 49.9 cm³/mol. The third kappa shape index (κ3) is 2.49. The lowest BCUT2D eigenvalue weighted by Gasteiger charge is -1.97. The van der Waals surface area contributed by atoms with Gasteiger partial charge in [0.05, 0.1) is 0 Å². The maximum Gasteiger partial charge on any atom is 0.150 e. The molecule has 0 saturated heterocycles. The first-order chi connectivity index (χ1) is 6.27. The molecule has 0 fully saturated rings. The lowest BCUT2D eigenvalue weighted by atomic mass is 10.1. The van der Waals surface area contributed by atoms with Gasteiger partial charge in [0.1, 0.15) is 12.1 Å². The summed E-state index contributed by atoms with van der Waals surface area (Å²) in [5.74, 6) is -0.352. The third-order valence-corrected chi connectivity index (χ3v) is 1.59. The number of halogens is 1. The van der Waals surface area contributed by atoms with Crippen LogP contribution in [0.3, 0.4) is 0 Å². The van der Waals surface area contributed by atoms with Gasteiger partial charge in [-0.25, -0.2) is 4.39 Å². The number of aldehydes is 1. The molecule has 0 radical (unpaired) electrons. The SMILES string of the molecule is NCC=Cc1cc(C=O)ccc1F. The van der Waals surface area contributed by atoms with Crippen molar-refractivity contribution in [1.29, 1.82) is 0 Å². The minimum Gasteiger partial charge on any atom is -0.327 e. The van der Waals surface area contributed by atoms with Crippen molar-refractivity contribution in [2.45, 2.75) is 0 Å². The topological polar surface area (TPSA) is 43.1 Å². The molecule has 0 aliphatic carbocycles. The van der Waals surface area contributed by atoms with Crippen LogP contribution in [-0.2, 0) is 0 Å². The average molecular weight is 179 g/mol.